The molecule has 0 saturated heterocycles. The van der Waals surface area contributed by atoms with Crippen molar-refractivity contribution in [3.63, 3.8) is 0 Å². The molecule has 0 saturated carbocycles. The van der Waals surface area contributed by atoms with E-state index in [4.69, 9.17) is 33.7 Å². The zero-order valence-corrected chi connectivity index (χ0v) is 18.7. The van der Waals surface area contributed by atoms with E-state index < -0.39 is 17.2 Å². The molecule has 10 heteroatoms. The summed E-state index contributed by atoms with van der Waals surface area (Å²) in [5.74, 6) is -0.136. The normalized spacial score (nSPS) is 11.0. The molecule has 0 unspecified atom stereocenters. The number of unbranched alkanes of at least 4 members (excludes halogenated alkanes) is 1. The van der Waals surface area contributed by atoms with Gasteiger partial charge in [0.05, 0.1) is 5.02 Å². The van der Waals surface area contributed by atoms with Crippen LogP contribution in [0, 0.1) is 5.92 Å². The van der Waals surface area contributed by atoms with E-state index in [0.29, 0.717) is 18.0 Å². The van der Waals surface area contributed by atoms with Crippen LogP contribution in [-0.4, -0.2) is 28.6 Å². The van der Waals surface area contributed by atoms with Crippen LogP contribution in [0.5, 0.6) is 5.75 Å². The van der Waals surface area contributed by atoms with Crippen LogP contribution >= 0.6 is 23.2 Å². The third kappa shape index (κ3) is 5.79. The molecule has 0 aliphatic carbocycles. The van der Waals surface area contributed by atoms with Gasteiger partial charge in [-0.05, 0) is 30.5 Å². The molecule has 0 radical (unpaired) electrons. The van der Waals surface area contributed by atoms with Gasteiger partial charge in [-0.3, -0.25) is 19.1 Å². The predicted octanol–water partition coefficient (Wildman–Crippen LogP) is 3.29. The Morgan fingerprint density at radius 1 is 1.30 bits per heavy atom. The summed E-state index contributed by atoms with van der Waals surface area (Å²) in [6.07, 6.45) is 1.42. The van der Waals surface area contributed by atoms with Crippen molar-refractivity contribution in [2.45, 2.75) is 40.2 Å². The second-order valence-corrected chi connectivity index (χ2v) is 8.10. The second-order valence-electron chi connectivity index (χ2n) is 7.26. The molecule has 164 valence electrons. The van der Waals surface area contributed by atoms with E-state index in [1.165, 1.54) is 15.5 Å². The highest BCUT2D eigenvalue weighted by Gasteiger charge is 2.24. The molecule has 0 aliphatic rings. The average Bonchev–Trinajstić information content (AvgIpc) is 2.66. The molecule has 0 fully saturated rings. The fourth-order valence-corrected chi connectivity index (χ4v) is 3.33. The molecule has 0 aliphatic heterocycles. The minimum atomic E-state index is -0.716. The van der Waals surface area contributed by atoms with Gasteiger partial charge in [-0.25, -0.2) is 4.79 Å². The quantitative estimate of drug-likeness (QED) is 0.601. The number of nitrogen functional groups attached to an aromatic ring is 1. The average molecular weight is 457 g/mol. The van der Waals surface area contributed by atoms with Gasteiger partial charge in [0, 0.05) is 18.1 Å². The topological polar surface area (TPSA) is 110 Å². The summed E-state index contributed by atoms with van der Waals surface area (Å²) in [5.41, 5.74) is 4.78. The van der Waals surface area contributed by atoms with Crippen LogP contribution in [0.1, 0.15) is 33.6 Å². The third-order valence-corrected chi connectivity index (χ3v) is 4.84. The highest BCUT2D eigenvalue weighted by atomic mass is 35.5. The Morgan fingerprint density at radius 3 is 2.60 bits per heavy atom. The number of nitrogens with two attached hydrogens (primary N) is 1. The number of carbonyl (C=O) groups is 1. The summed E-state index contributed by atoms with van der Waals surface area (Å²) < 4.78 is 6.80. The van der Waals surface area contributed by atoms with Gasteiger partial charge in [0.15, 0.2) is 12.3 Å². The van der Waals surface area contributed by atoms with Crippen molar-refractivity contribution in [2.24, 2.45) is 5.92 Å². The van der Waals surface area contributed by atoms with Gasteiger partial charge in [-0.1, -0.05) is 50.4 Å². The number of nitrogens with zero attached hydrogens (tertiary/aromatic N) is 2. The maximum absolute atomic E-state index is 13.0. The fourth-order valence-electron chi connectivity index (χ4n) is 2.87. The lowest BCUT2D eigenvalue weighted by atomic mass is 10.2. The van der Waals surface area contributed by atoms with E-state index in [2.05, 4.69) is 4.98 Å². The molecule has 0 bridgehead atoms. The largest absolute Gasteiger partial charge is 0.482 e. The molecule has 8 nitrogen and oxygen atoms in total. The number of H-pyrrole nitrogens is 1. The number of halogens is 2. The minimum absolute atomic E-state index is 0.0496. The zero-order valence-electron chi connectivity index (χ0n) is 17.2. The van der Waals surface area contributed by atoms with Gasteiger partial charge in [-0.2, -0.15) is 0 Å². The van der Waals surface area contributed by atoms with Crippen molar-refractivity contribution in [2.75, 3.05) is 23.8 Å². The lowest BCUT2D eigenvalue weighted by Crippen LogP contribution is -2.43. The maximum Gasteiger partial charge on any atom is 0.330 e. The van der Waals surface area contributed by atoms with Crippen molar-refractivity contribution in [3.8, 4) is 5.75 Å². The first-order chi connectivity index (χ1) is 14.1. The first-order valence-electron chi connectivity index (χ1n) is 9.66. The Labute approximate surface area is 184 Å². The van der Waals surface area contributed by atoms with Gasteiger partial charge in [0.25, 0.3) is 11.5 Å². The SMILES string of the molecule is CCCCN(C(=O)COc1ccc(Cl)cc1Cl)c1c(N)n(CC(C)C)c(=O)[nH]c1=O. The lowest BCUT2D eigenvalue weighted by molar-refractivity contribution is -0.120. The Kier molecular flexibility index (Phi) is 8.37. The molecule has 0 atom stereocenters. The Hall–Kier alpha value is -2.45. The number of carbonyl (C=O) groups excluding carboxylic acids is 1. The van der Waals surface area contributed by atoms with Gasteiger partial charge in [0.1, 0.15) is 11.6 Å². The molecule has 1 aromatic carbocycles. The number of anilines is 2. The Bertz CT molecular complexity index is 1020. The van der Waals surface area contributed by atoms with Crippen LogP contribution in [0.15, 0.2) is 27.8 Å². The highest BCUT2D eigenvalue weighted by molar-refractivity contribution is 6.35. The standard InChI is InChI=1S/C20H26Cl2N4O4/c1-4-5-8-25(16(27)11-30-15-7-6-13(21)9-14(15)22)17-18(23)26(10-12(2)3)20(29)24-19(17)28/h6-7,9,12H,4-5,8,10-11,23H2,1-3H3,(H,24,28,29). The summed E-state index contributed by atoms with van der Waals surface area (Å²) in [7, 11) is 0. The summed E-state index contributed by atoms with van der Waals surface area (Å²) in [6.45, 7) is 5.98. The van der Waals surface area contributed by atoms with Gasteiger partial charge >= 0.3 is 5.69 Å². The first-order valence-corrected chi connectivity index (χ1v) is 10.4. The zero-order chi connectivity index (χ0) is 22.4. The Balaban J connectivity index is 2.38. The van der Waals surface area contributed by atoms with Crippen molar-refractivity contribution in [1.29, 1.82) is 0 Å². The molecular formula is C20H26Cl2N4O4. The summed E-state index contributed by atoms with van der Waals surface area (Å²) in [5, 5.41) is 0.702. The van der Waals surface area contributed by atoms with Crippen molar-refractivity contribution in [3.05, 3.63) is 49.1 Å². The van der Waals surface area contributed by atoms with Gasteiger partial charge < -0.3 is 15.4 Å². The van der Waals surface area contributed by atoms with Crippen LogP contribution in [0.3, 0.4) is 0 Å². The lowest BCUT2D eigenvalue weighted by Gasteiger charge is -2.25. The van der Waals surface area contributed by atoms with E-state index >= 15 is 0 Å². The van der Waals surface area contributed by atoms with Crippen LogP contribution in [0.2, 0.25) is 10.0 Å². The Morgan fingerprint density at radius 2 is 2.00 bits per heavy atom. The van der Waals surface area contributed by atoms with E-state index in [9.17, 15) is 14.4 Å². The molecule has 1 heterocycles. The molecule has 2 aromatic rings. The first kappa shape index (κ1) is 23.8. The molecule has 3 N–H and O–H groups in total. The number of aromatic amines is 1. The highest BCUT2D eigenvalue weighted by Crippen LogP contribution is 2.27. The predicted molar refractivity (Wildman–Crippen MR) is 120 cm³/mol. The van der Waals surface area contributed by atoms with E-state index in [1.54, 1.807) is 12.1 Å². The molecule has 30 heavy (non-hydrogen) atoms. The molecular weight excluding hydrogens is 431 g/mol. The number of ether oxygens (including phenoxy) is 1. The summed E-state index contributed by atoms with van der Waals surface area (Å²) in [4.78, 5) is 41.2. The van der Waals surface area contributed by atoms with Crippen LogP contribution in [0.4, 0.5) is 11.5 Å². The van der Waals surface area contributed by atoms with Crippen molar-refractivity contribution >= 4 is 40.6 Å². The molecule has 0 spiro atoms. The van der Waals surface area contributed by atoms with E-state index in [-0.39, 0.29) is 41.3 Å². The minimum Gasteiger partial charge on any atom is -0.482 e. The van der Waals surface area contributed by atoms with Crippen molar-refractivity contribution < 1.29 is 9.53 Å². The number of rotatable bonds is 9. The van der Waals surface area contributed by atoms with Crippen LogP contribution < -0.4 is 26.6 Å². The van der Waals surface area contributed by atoms with Crippen LogP contribution in [-0.2, 0) is 11.3 Å². The number of hydrogen-bond donors (Lipinski definition) is 2. The van der Waals surface area contributed by atoms with E-state index in [0.717, 1.165) is 6.42 Å². The second kappa shape index (κ2) is 10.5. The monoisotopic (exact) mass is 456 g/mol. The van der Waals surface area contributed by atoms with Gasteiger partial charge in [0.2, 0.25) is 0 Å². The maximum atomic E-state index is 13.0. The smallest absolute Gasteiger partial charge is 0.330 e. The molecule has 1 amide bonds. The fraction of sp³-hybridized carbons (Fsp3) is 0.450. The molecule has 2 rings (SSSR count). The molecule has 1 aromatic heterocycles. The van der Waals surface area contributed by atoms with Crippen LogP contribution in [0.25, 0.3) is 0 Å². The summed E-state index contributed by atoms with van der Waals surface area (Å²) >= 11 is 12.0. The summed E-state index contributed by atoms with van der Waals surface area (Å²) in [6, 6.07) is 4.65. The number of benzene rings is 1. The van der Waals surface area contributed by atoms with E-state index in [1.807, 2.05) is 20.8 Å². The number of amides is 1. The number of nitrogens with one attached hydrogen (secondary N) is 1. The third-order valence-electron chi connectivity index (χ3n) is 4.31. The number of aromatic nitrogens is 2. The van der Waals surface area contributed by atoms with Gasteiger partial charge in [-0.15, -0.1) is 0 Å². The number of hydrogen-bond acceptors (Lipinski definition) is 5. The van der Waals surface area contributed by atoms with Crippen molar-refractivity contribution in [1.82, 2.24) is 9.55 Å².